The summed E-state index contributed by atoms with van der Waals surface area (Å²) in [5, 5.41) is 0. The summed E-state index contributed by atoms with van der Waals surface area (Å²) in [4.78, 5) is 0. The van der Waals surface area contributed by atoms with Crippen molar-refractivity contribution in [2.24, 2.45) is 0 Å². The maximum absolute atomic E-state index is 13.8. The number of rotatable bonds is 2. The lowest BCUT2D eigenvalue weighted by Crippen LogP contribution is -2.41. The van der Waals surface area contributed by atoms with Crippen LogP contribution in [0.3, 0.4) is 0 Å². The number of benzene rings is 1. The van der Waals surface area contributed by atoms with Crippen molar-refractivity contribution in [1.82, 2.24) is 0 Å². The van der Waals surface area contributed by atoms with Gasteiger partial charge in [-0.1, -0.05) is 0 Å². The Bertz CT molecular complexity index is 484. The van der Waals surface area contributed by atoms with E-state index in [1.807, 2.05) is 34.6 Å². The van der Waals surface area contributed by atoms with Crippen molar-refractivity contribution < 1.29 is 18.4 Å². The van der Waals surface area contributed by atoms with Crippen molar-refractivity contribution in [3.8, 4) is 5.75 Å². The van der Waals surface area contributed by atoms with Gasteiger partial charge in [-0.05, 0) is 57.8 Å². The minimum Gasteiger partial charge on any atom is -0.494 e. The summed E-state index contributed by atoms with van der Waals surface area (Å²) in [5.74, 6) is -0.171. The molecule has 0 atom stereocenters. The Kier molecular flexibility index (Phi) is 3.39. The summed E-state index contributed by atoms with van der Waals surface area (Å²) in [7, 11) is 0.900. The molecular formula is C14H20BFO3. The number of halogens is 1. The van der Waals surface area contributed by atoms with Crippen molar-refractivity contribution in [3.63, 3.8) is 0 Å². The van der Waals surface area contributed by atoms with Gasteiger partial charge < -0.3 is 14.0 Å². The van der Waals surface area contributed by atoms with Crippen LogP contribution in [0.1, 0.15) is 33.3 Å². The smallest absolute Gasteiger partial charge is 0.494 e. The molecule has 0 saturated carbocycles. The fourth-order valence-electron chi connectivity index (χ4n) is 2.05. The molecule has 3 nitrogen and oxygen atoms in total. The topological polar surface area (TPSA) is 27.7 Å². The van der Waals surface area contributed by atoms with Gasteiger partial charge in [0.05, 0.1) is 18.3 Å². The zero-order valence-electron chi connectivity index (χ0n) is 12.3. The molecule has 0 unspecified atom stereocenters. The Hall–Kier alpha value is -1.07. The van der Waals surface area contributed by atoms with Crippen molar-refractivity contribution in [1.29, 1.82) is 0 Å². The van der Waals surface area contributed by atoms with E-state index in [0.29, 0.717) is 5.46 Å². The second kappa shape index (κ2) is 4.49. The van der Waals surface area contributed by atoms with E-state index in [0.717, 1.165) is 5.56 Å². The molecule has 1 aromatic carbocycles. The van der Waals surface area contributed by atoms with Crippen LogP contribution in [0.2, 0.25) is 0 Å². The van der Waals surface area contributed by atoms with Crippen molar-refractivity contribution in [3.05, 3.63) is 23.5 Å². The predicted octanol–water partition coefficient (Wildman–Crippen LogP) is 2.44. The molecule has 5 heteroatoms. The normalized spacial score (nSPS) is 20.7. The van der Waals surface area contributed by atoms with E-state index in [1.54, 1.807) is 6.07 Å². The quantitative estimate of drug-likeness (QED) is 0.769. The minimum absolute atomic E-state index is 0.234. The lowest BCUT2D eigenvalue weighted by atomic mass is 9.76. The highest BCUT2D eigenvalue weighted by Gasteiger charge is 2.52. The number of hydrogen-bond acceptors (Lipinski definition) is 3. The third-order valence-corrected chi connectivity index (χ3v) is 4.05. The van der Waals surface area contributed by atoms with Gasteiger partial charge in [0.25, 0.3) is 0 Å². The van der Waals surface area contributed by atoms with Crippen LogP contribution < -0.4 is 10.2 Å². The Labute approximate surface area is 114 Å². The van der Waals surface area contributed by atoms with Crippen molar-refractivity contribution in [2.75, 3.05) is 7.11 Å². The van der Waals surface area contributed by atoms with E-state index in [2.05, 4.69) is 0 Å². The summed E-state index contributed by atoms with van der Waals surface area (Å²) in [6, 6.07) is 3.09. The summed E-state index contributed by atoms with van der Waals surface area (Å²) in [6.45, 7) is 9.79. The molecule has 0 aromatic heterocycles. The maximum Gasteiger partial charge on any atom is 0.495 e. The first kappa shape index (κ1) is 14.3. The van der Waals surface area contributed by atoms with E-state index in [9.17, 15) is 4.39 Å². The third-order valence-electron chi connectivity index (χ3n) is 4.05. The van der Waals surface area contributed by atoms with Crippen molar-refractivity contribution >= 4 is 12.6 Å². The predicted molar refractivity (Wildman–Crippen MR) is 73.4 cm³/mol. The highest BCUT2D eigenvalue weighted by molar-refractivity contribution is 6.62. The monoisotopic (exact) mass is 266 g/mol. The van der Waals surface area contributed by atoms with E-state index in [4.69, 9.17) is 14.0 Å². The molecule has 0 amide bonds. The Morgan fingerprint density at radius 3 is 2.11 bits per heavy atom. The second-order valence-corrected chi connectivity index (χ2v) is 5.93. The average molecular weight is 266 g/mol. The van der Waals surface area contributed by atoms with Crippen LogP contribution in [0, 0.1) is 12.7 Å². The molecule has 104 valence electrons. The Morgan fingerprint density at radius 2 is 1.63 bits per heavy atom. The molecule has 1 saturated heterocycles. The molecule has 1 aliphatic rings. The number of ether oxygens (including phenoxy) is 1. The van der Waals surface area contributed by atoms with Gasteiger partial charge in [0.2, 0.25) is 0 Å². The first-order chi connectivity index (χ1) is 8.68. The first-order valence-electron chi connectivity index (χ1n) is 6.37. The fraction of sp³-hybridized carbons (Fsp3) is 0.571. The molecule has 0 N–H and O–H groups in total. The van der Waals surface area contributed by atoms with Crippen LogP contribution in [-0.2, 0) is 9.31 Å². The van der Waals surface area contributed by atoms with Crippen LogP contribution in [0.25, 0.3) is 0 Å². The van der Waals surface area contributed by atoms with Crippen LogP contribution in [0.5, 0.6) is 5.75 Å². The zero-order valence-corrected chi connectivity index (χ0v) is 12.3. The fourth-order valence-corrected chi connectivity index (χ4v) is 2.05. The molecule has 0 spiro atoms. The van der Waals surface area contributed by atoms with Crippen LogP contribution >= 0.6 is 0 Å². The van der Waals surface area contributed by atoms with E-state index >= 15 is 0 Å². The zero-order chi connectivity index (χ0) is 14.4. The van der Waals surface area contributed by atoms with Gasteiger partial charge in [0.15, 0.2) is 11.6 Å². The highest BCUT2D eigenvalue weighted by atomic mass is 19.1. The summed E-state index contributed by atoms with van der Waals surface area (Å²) >= 11 is 0. The van der Waals surface area contributed by atoms with Gasteiger partial charge in [-0.3, -0.25) is 0 Å². The molecule has 1 aromatic rings. The number of methoxy groups -OCH3 is 1. The molecule has 0 bridgehead atoms. The van der Waals surface area contributed by atoms with E-state index in [-0.39, 0.29) is 5.75 Å². The largest absolute Gasteiger partial charge is 0.495 e. The van der Waals surface area contributed by atoms with Crippen LogP contribution in [0.4, 0.5) is 4.39 Å². The Balaban J connectivity index is 2.37. The Morgan fingerprint density at radius 1 is 1.11 bits per heavy atom. The maximum atomic E-state index is 13.8. The molecule has 1 heterocycles. The van der Waals surface area contributed by atoms with E-state index < -0.39 is 24.1 Å². The summed E-state index contributed by atoms with van der Waals surface area (Å²) in [5.41, 5.74) is 0.731. The molecule has 0 radical (unpaired) electrons. The van der Waals surface area contributed by atoms with Gasteiger partial charge in [0.1, 0.15) is 0 Å². The molecular weight excluding hydrogens is 246 g/mol. The molecule has 1 fully saturated rings. The van der Waals surface area contributed by atoms with Gasteiger partial charge in [-0.25, -0.2) is 4.39 Å². The van der Waals surface area contributed by atoms with Crippen LogP contribution in [-0.4, -0.2) is 25.4 Å². The summed E-state index contributed by atoms with van der Waals surface area (Å²) < 4.78 is 30.7. The van der Waals surface area contributed by atoms with Crippen LogP contribution in [0.15, 0.2) is 12.1 Å². The average Bonchev–Trinajstić information content (AvgIpc) is 2.50. The van der Waals surface area contributed by atoms with Gasteiger partial charge in [0, 0.05) is 0 Å². The summed E-state index contributed by atoms with van der Waals surface area (Å²) in [6.07, 6.45) is 0. The molecule has 2 rings (SSSR count). The van der Waals surface area contributed by atoms with Gasteiger partial charge in [-0.15, -0.1) is 0 Å². The lowest BCUT2D eigenvalue weighted by molar-refractivity contribution is 0.00578. The molecule has 0 aliphatic carbocycles. The lowest BCUT2D eigenvalue weighted by Gasteiger charge is -2.32. The van der Waals surface area contributed by atoms with Gasteiger partial charge in [-0.2, -0.15) is 0 Å². The molecule has 19 heavy (non-hydrogen) atoms. The second-order valence-electron chi connectivity index (χ2n) is 5.93. The molecule has 1 aliphatic heterocycles. The third kappa shape index (κ3) is 2.37. The van der Waals surface area contributed by atoms with Gasteiger partial charge >= 0.3 is 7.12 Å². The minimum atomic E-state index is -0.551. The highest BCUT2D eigenvalue weighted by Crippen LogP contribution is 2.37. The standard InChI is InChI=1S/C14H20BFO3/c1-9-7-12(17-6)11(16)8-10(9)15-18-13(2,3)14(4,5)19-15/h7-8H,1-6H3. The number of hydrogen-bond donors (Lipinski definition) is 0. The number of aryl methyl sites for hydroxylation is 1. The van der Waals surface area contributed by atoms with Crippen molar-refractivity contribution in [2.45, 2.75) is 45.8 Å². The van der Waals surface area contributed by atoms with E-state index in [1.165, 1.54) is 13.2 Å². The SMILES string of the molecule is COc1cc(C)c(B2OC(C)(C)C(C)(C)O2)cc1F. The first-order valence-corrected chi connectivity index (χ1v) is 6.37.